The fourth-order valence-electron chi connectivity index (χ4n) is 2.06. The number of benzene rings is 1. The van der Waals surface area contributed by atoms with Crippen LogP contribution >= 0.6 is 11.6 Å². The predicted molar refractivity (Wildman–Crippen MR) is 83.9 cm³/mol. The van der Waals surface area contributed by atoms with Crippen LogP contribution in [0.4, 0.5) is 5.69 Å². The molecule has 0 spiro atoms. The quantitative estimate of drug-likeness (QED) is 0.588. The summed E-state index contributed by atoms with van der Waals surface area (Å²) in [6, 6.07) is 7.42. The van der Waals surface area contributed by atoms with Gasteiger partial charge < -0.3 is 4.52 Å². The van der Waals surface area contributed by atoms with Crippen LogP contribution in [0.25, 0.3) is 10.9 Å². The molecule has 3 aromatic rings. The molecule has 3 rings (SSSR count). The zero-order valence-corrected chi connectivity index (χ0v) is 12.3. The van der Waals surface area contributed by atoms with Gasteiger partial charge in [0, 0.05) is 16.6 Å². The Morgan fingerprint density at radius 2 is 2.14 bits per heavy atom. The van der Waals surface area contributed by atoms with Crippen LogP contribution in [-0.4, -0.2) is 16.4 Å². The summed E-state index contributed by atoms with van der Waals surface area (Å²) >= 11 is 5.97. The third-order valence-corrected chi connectivity index (χ3v) is 3.41. The Hall–Kier alpha value is -2.40. The van der Waals surface area contributed by atoms with E-state index in [1.54, 1.807) is 12.4 Å². The van der Waals surface area contributed by atoms with Crippen molar-refractivity contribution in [2.24, 2.45) is 5.10 Å². The molecular formula is C15H13ClN4O. The minimum absolute atomic E-state index is 0.659. The molecule has 6 heteroatoms. The molecule has 0 unspecified atom stereocenters. The van der Waals surface area contributed by atoms with Gasteiger partial charge in [-0.3, -0.25) is 10.4 Å². The maximum absolute atomic E-state index is 5.97. The van der Waals surface area contributed by atoms with Crippen molar-refractivity contribution in [3.63, 3.8) is 0 Å². The van der Waals surface area contributed by atoms with E-state index in [9.17, 15) is 0 Å². The summed E-state index contributed by atoms with van der Waals surface area (Å²) < 4.78 is 5.09. The number of halogens is 1. The Morgan fingerprint density at radius 3 is 2.90 bits per heavy atom. The molecule has 0 atom stereocenters. The number of nitrogens with zero attached hydrogens (tertiary/aromatic N) is 3. The van der Waals surface area contributed by atoms with E-state index in [2.05, 4.69) is 20.7 Å². The SMILES string of the molecule is Cc1noc(C)c1C=NNc1ccnc2cc(Cl)ccc12. The molecule has 0 amide bonds. The molecule has 0 aliphatic heterocycles. The van der Waals surface area contributed by atoms with Gasteiger partial charge in [-0.25, -0.2) is 0 Å². The number of hydrazone groups is 1. The molecule has 1 aromatic carbocycles. The fraction of sp³-hybridized carbons (Fsp3) is 0.133. The van der Waals surface area contributed by atoms with Crippen molar-refractivity contribution in [2.45, 2.75) is 13.8 Å². The molecule has 0 radical (unpaired) electrons. The van der Waals surface area contributed by atoms with E-state index >= 15 is 0 Å². The number of fused-ring (bicyclic) bond motifs is 1. The van der Waals surface area contributed by atoms with Gasteiger partial charge in [0.05, 0.1) is 28.7 Å². The van der Waals surface area contributed by atoms with E-state index in [4.69, 9.17) is 16.1 Å². The molecule has 2 heterocycles. The minimum Gasteiger partial charge on any atom is -0.361 e. The van der Waals surface area contributed by atoms with Crippen molar-refractivity contribution in [3.05, 3.63) is 52.5 Å². The molecule has 0 saturated carbocycles. The number of anilines is 1. The van der Waals surface area contributed by atoms with Crippen molar-refractivity contribution < 1.29 is 4.52 Å². The highest BCUT2D eigenvalue weighted by molar-refractivity contribution is 6.31. The summed E-state index contributed by atoms with van der Waals surface area (Å²) in [5, 5.41) is 9.74. The van der Waals surface area contributed by atoms with Crippen LogP contribution in [0.1, 0.15) is 17.0 Å². The minimum atomic E-state index is 0.659. The van der Waals surface area contributed by atoms with Crippen LogP contribution in [0.2, 0.25) is 5.02 Å². The molecule has 0 aliphatic rings. The molecule has 0 aliphatic carbocycles. The molecule has 0 bridgehead atoms. The first-order valence-corrected chi connectivity index (χ1v) is 6.79. The largest absolute Gasteiger partial charge is 0.361 e. The van der Waals surface area contributed by atoms with Crippen LogP contribution in [0.5, 0.6) is 0 Å². The van der Waals surface area contributed by atoms with Crippen molar-refractivity contribution in [2.75, 3.05) is 5.43 Å². The second-order valence-corrected chi connectivity index (χ2v) is 5.06. The van der Waals surface area contributed by atoms with Crippen LogP contribution in [0.3, 0.4) is 0 Å². The van der Waals surface area contributed by atoms with Gasteiger partial charge in [-0.2, -0.15) is 5.10 Å². The molecule has 21 heavy (non-hydrogen) atoms. The number of aromatic nitrogens is 2. The summed E-state index contributed by atoms with van der Waals surface area (Å²) in [7, 11) is 0. The zero-order valence-electron chi connectivity index (χ0n) is 11.6. The summed E-state index contributed by atoms with van der Waals surface area (Å²) in [6.45, 7) is 3.73. The monoisotopic (exact) mass is 300 g/mol. The van der Waals surface area contributed by atoms with Gasteiger partial charge in [0.2, 0.25) is 0 Å². The lowest BCUT2D eigenvalue weighted by molar-refractivity contribution is 0.393. The molecule has 2 aromatic heterocycles. The normalized spacial score (nSPS) is 11.4. The highest BCUT2D eigenvalue weighted by Gasteiger charge is 2.06. The lowest BCUT2D eigenvalue weighted by Gasteiger charge is -2.05. The second kappa shape index (κ2) is 5.54. The standard InChI is InChI=1S/C15H13ClN4O/c1-9-13(10(2)21-20-9)8-18-19-14-5-6-17-15-7-11(16)3-4-12(14)15/h3-8H,1-2H3,(H,17,19). The molecule has 5 nitrogen and oxygen atoms in total. The van der Waals surface area contributed by atoms with Crippen molar-refractivity contribution in [1.29, 1.82) is 0 Å². The van der Waals surface area contributed by atoms with E-state index in [0.29, 0.717) is 5.02 Å². The molecule has 1 N–H and O–H groups in total. The number of nitrogens with one attached hydrogen (secondary N) is 1. The lowest BCUT2D eigenvalue weighted by Crippen LogP contribution is -1.94. The summed E-state index contributed by atoms with van der Waals surface area (Å²) in [4.78, 5) is 4.29. The predicted octanol–water partition coefficient (Wildman–Crippen LogP) is 3.94. The first kappa shape index (κ1) is 13.6. The average molecular weight is 301 g/mol. The number of pyridine rings is 1. The van der Waals surface area contributed by atoms with Gasteiger partial charge in [0.1, 0.15) is 5.76 Å². The van der Waals surface area contributed by atoms with E-state index < -0.39 is 0 Å². The van der Waals surface area contributed by atoms with E-state index in [1.165, 1.54) is 0 Å². The number of hydrogen-bond donors (Lipinski definition) is 1. The Bertz CT molecular complexity index is 806. The Labute approximate surface area is 126 Å². The summed E-state index contributed by atoms with van der Waals surface area (Å²) in [5.41, 5.74) is 6.39. The smallest absolute Gasteiger partial charge is 0.142 e. The van der Waals surface area contributed by atoms with Crippen molar-refractivity contribution >= 4 is 34.4 Å². The Kier molecular flexibility index (Phi) is 3.58. The molecule has 106 valence electrons. The Balaban J connectivity index is 1.89. The maximum atomic E-state index is 5.97. The summed E-state index contributed by atoms with van der Waals surface area (Å²) in [6.07, 6.45) is 3.41. The fourth-order valence-corrected chi connectivity index (χ4v) is 2.23. The van der Waals surface area contributed by atoms with Gasteiger partial charge in [0.25, 0.3) is 0 Å². The second-order valence-electron chi connectivity index (χ2n) is 4.63. The van der Waals surface area contributed by atoms with Crippen LogP contribution in [0.15, 0.2) is 40.1 Å². The third kappa shape index (κ3) is 2.73. The Morgan fingerprint density at radius 1 is 1.29 bits per heavy atom. The highest BCUT2D eigenvalue weighted by Crippen LogP contribution is 2.24. The van der Waals surface area contributed by atoms with E-state index in [0.717, 1.165) is 33.6 Å². The zero-order chi connectivity index (χ0) is 14.8. The number of aryl methyl sites for hydroxylation is 2. The van der Waals surface area contributed by atoms with Gasteiger partial charge in [-0.05, 0) is 38.1 Å². The molecule has 0 fully saturated rings. The van der Waals surface area contributed by atoms with Gasteiger partial charge >= 0.3 is 0 Å². The van der Waals surface area contributed by atoms with E-state index in [-0.39, 0.29) is 0 Å². The number of hydrogen-bond acceptors (Lipinski definition) is 5. The van der Waals surface area contributed by atoms with Crippen molar-refractivity contribution in [3.8, 4) is 0 Å². The van der Waals surface area contributed by atoms with Crippen LogP contribution < -0.4 is 5.43 Å². The maximum Gasteiger partial charge on any atom is 0.142 e. The lowest BCUT2D eigenvalue weighted by atomic mass is 10.2. The average Bonchev–Trinajstić information content (AvgIpc) is 2.78. The summed E-state index contributed by atoms with van der Waals surface area (Å²) in [5.74, 6) is 0.740. The van der Waals surface area contributed by atoms with Gasteiger partial charge in [0.15, 0.2) is 0 Å². The van der Waals surface area contributed by atoms with E-state index in [1.807, 2.05) is 38.1 Å². The topological polar surface area (TPSA) is 63.3 Å². The highest BCUT2D eigenvalue weighted by atomic mass is 35.5. The first-order valence-electron chi connectivity index (χ1n) is 6.41. The molecule has 0 saturated heterocycles. The van der Waals surface area contributed by atoms with Crippen molar-refractivity contribution in [1.82, 2.24) is 10.1 Å². The third-order valence-electron chi connectivity index (χ3n) is 3.17. The van der Waals surface area contributed by atoms with Gasteiger partial charge in [-0.15, -0.1) is 0 Å². The first-order chi connectivity index (χ1) is 10.1. The van der Waals surface area contributed by atoms with Crippen LogP contribution in [0, 0.1) is 13.8 Å². The molecular weight excluding hydrogens is 288 g/mol. The van der Waals surface area contributed by atoms with Crippen LogP contribution in [-0.2, 0) is 0 Å². The van der Waals surface area contributed by atoms with Gasteiger partial charge in [-0.1, -0.05) is 16.8 Å². The number of rotatable bonds is 3.